The Hall–Kier alpha value is -1.70. The molecule has 0 saturated heterocycles. The van der Waals surface area contributed by atoms with E-state index >= 15 is 0 Å². The lowest BCUT2D eigenvalue weighted by Gasteiger charge is -2.20. The molecule has 0 aliphatic rings. The number of anilines is 2. The third-order valence-corrected chi connectivity index (χ3v) is 2.67. The molecule has 0 unspecified atom stereocenters. The standard InChI is InChI=1S/C13H20FN3O3/c1-20-7-5-17(4-6-18)9-13(19)16-10-2-3-11(14)12(15)8-10/h2-3,8,18H,4-7,9,15H2,1H3,(H,16,19). The molecule has 1 rings (SSSR count). The van der Waals surface area contributed by atoms with E-state index in [1.165, 1.54) is 18.2 Å². The number of hydrogen-bond acceptors (Lipinski definition) is 5. The smallest absolute Gasteiger partial charge is 0.238 e. The number of ether oxygens (including phenoxy) is 1. The lowest BCUT2D eigenvalue weighted by molar-refractivity contribution is -0.117. The maximum Gasteiger partial charge on any atom is 0.238 e. The molecule has 1 aromatic carbocycles. The summed E-state index contributed by atoms with van der Waals surface area (Å²) in [5.41, 5.74) is 5.84. The second-order valence-electron chi connectivity index (χ2n) is 4.28. The minimum Gasteiger partial charge on any atom is -0.396 e. The van der Waals surface area contributed by atoms with Gasteiger partial charge in [0, 0.05) is 25.9 Å². The third kappa shape index (κ3) is 5.52. The van der Waals surface area contributed by atoms with Crippen LogP contribution >= 0.6 is 0 Å². The molecular weight excluding hydrogens is 265 g/mol. The van der Waals surface area contributed by atoms with Crippen molar-refractivity contribution in [3.63, 3.8) is 0 Å². The fourth-order valence-electron chi connectivity index (χ4n) is 1.66. The number of nitrogens with two attached hydrogens (primary N) is 1. The normalized spacial score (nSPS) is 10.8. The van der Waals surface area contributed by atoms with Crippen molar-refractivity contribution in [3.05, 3.63) is 24.0 Å². The molecule has 0 aliphatic carbocycles. The van der Waals surface area contributed by atoms with Crippen LogP contribution in [0.25, 0.3) is 0 Å². The van der Waals surface area contributed by atoms with Crippen molar-refractivity contribution in [2.24, 2.45) is 0 Å². The van der Waals surface area contributed by atoms with Gasteiger partial charge in [-0.25, -0.2) is 4.39 Å². The average molecular weight is 285 g/mol. The number of hydrogen-bond donors (Lipinski definition) is 3. The van der Waals surface area contributed by atoms with Crippen LogP contribution in [0.15, 0.2) is 18.2 Å². The zero-order chi connectivity index (χ0) is 15.0. The highest BCUT2D eigenvalue weighted by Crippen LogP contribution is 2.16. The summed E-state index contributed by atoms with van der Waals surface area (Å²) in [5, 5.41) is 11.6. The van der Waals surface area contributed by atoms with Gasteiger partial charge in [-0.2, -0.15) is 0 Å². The molecule has 7 heteroatoms. The van der Waals surface area contributed by atoms with Gasteiger partial charge in [0.25, 0.3) is 0 Å². The van der Waals surface area contributed by atoms with Gasteiger partial charge in [-0.15, -0.1) is 0 Å². The molecule has 4 N–H and O–H groups in total. The van der Waals surface area contributed by atoms with E-state index in [1.807, 2.05) is 0 Å². The number of halogens is 1. The molecule has 0 heterocycles. The van der Waals surface area contributed by atoms with E-state index in [2.05, 4.69) is 5.32 Å². The maximum absolute atomic E-state index is 13.0. The summed E-state index contributed by atoms with van der Waals surface area (Å²) in [7, 11) is 1.57. The number of aliphatic hydroxyl groups excluding tert-OH is 1. The van der Waals surface area contributed by atoms with Crippen LogP contribution in [-0.4, -0.2) is 55.9 Å². The minimum atomic E-state index is -0.523. The summed E-state index contributed by atoms with van der Waals surface area (Å²) >= 11 is 0. The molecule has 20 heavy (non-hydrogen) atoms. The predicted octanol–water partition coefficient (Wildman–Crippen LogP) is 0.287. The number of carbonyl (C=O) groups excluding carboxylic acids is 1. The van der Waals surface area contributed by atoms with Gasteiger partial charge < -0.3 is 20.9 Å². The fraction of sp³-hybridized carbons (Fsp3) is 0.462. The number of nitrogen functional groups attached to an aromatic ring is 1. The Kier molecular flexibility index (Phi) is 6.92. The first-order valence-corrected chi connectivity index (χ1v) is 6.24. The lowest BCUT2D eigenvalue weighted by Crippen LogP contribution is -2.37. The number of nitrogens with one attached hydrogen (secondary N) is 1. The van der Waals surface area contributed by atoms with Gasteiger partial charge in [0.2, 0.25) is 5.91 Å². The molecule has 0 bridgehead atoms. The highest BCUT2D eigenvalue weighted by molar-refractivity contribution is 5.92. The molecule has 6 nitrogen and oxygen atoms in total. The van der Waals surface area contributed by atoms with Gasteiger partial charge in [-0.1, -0.05) is 0 Å². The van der Waals surface area contributed by atoms with Crippen LogP contribution in [0.5, 0.6) is 0 Å². The van der Waals surface area contributed by atoms with Crippen LogP contribution in [0.1, 0.15) is 0 Å². The van der Waals surface area contributed by atoms with Gasteiger partial charge in [0.15, 0.2) is 0 Å². The molecule has 1 aromatic rings. The summed E-state index contributed by atoms with van der Waals surface area (Å²) in [4.78, 5) is 13.6. The van der Waals surface area contributed by atoms with Crippen LogP contribution in [0, 0.1) is 5.82 Å². The van der Waals surface area contributed by atoms with Crippen LogP contribution in [0.3, 0.4) is 0 Å². The van der Waals surface area contributed by atoms with E-state index in [1.54, 1.807) is 12.0 Å². The van der Waals surface area contributed by atoms with Crippen LogP contribution in [0.4, 0.5) is 15.8 Å². The summed E-state index contributed by atoms with van der Waals surface area (Å²) in [6.07, 6.45) is 0. The Morgan fingerprint density at radius 1 is 1.50 bits per heavy atom. The second-order valence-corrected chi connectivity index (χ2v) is 4.28. The first kappa shape index (κ1) is 16.4. The Bertz CT molecular complexity index is 443. The van der Waals surface area contributed by atoms with E-state index in [-0.39, 0.29) is 24.7 Å². The van der Waals surface area contributed by atoms with Crippen molar-refractivity contribution < 1.29 is 19.0 Å². The number of rotatable bonds is 8. The summed E-state index contributed by atoms with van der Waals surface area (Å²) < 4.78 is 17.9. The van der Waals surface area contributed by atoms with Crippen molar-refractivity contribution in [1.82, 2.24) is 4.90 Å². The van der Waals surface area contributed by atoms with E-state index in [0.29, 0.717) is 25.4 Å². The van der Waals surface area contributed by atoms with Crippen molar-refractivity contribution in [1.29, 1.82) is 0 Å². The predicted molar refractivity (Wildman–Crippen MR) is 74.8 cm³/mol. The first-order chi connectivity index (χ1) is 9.56. The number of carbonyl (C=O) groups is 1. The first-order valence-electron chi connectivity index (χ1n) is 6.24. The summed E-state index contributed by atoms with van der Waals surface area (Å²) in [6, 6.07) is 4.00. The molecule has 0 atom stereocenters. The Balaban J connectivity index is 2.53. The Morgan fingerprint density at radius 2 is 2.25 bits per heavy atom. The number of nitrogens with zero attached hydrogens (tertiary/aromatic N) is 1. The van der Waals surface area contributed by atoms with Crippen molar-refractivity contribution in [2.45, 2.75) is 0 Å². The highest BCUT2D eigenvalue weighted by Gasteiger charge is 2.11. The largest absolute Gasteiger partial charge is 0.396 e. The fourth-order valence-corrected chi connectivity index (χ4v) is 1.66. The van der Waals surface area contributed by atoms with Crippen LogP contribution in [0.2, 0.25) is 0 Å². The average Bonchev–Trinajstić information content (AvgIpc) is 2.40. The number of benzene rings is 1. The van der Waals surface area contributed by atoms with Gasteiger partial charge in [-0.3, -0.25) is 9.69 Å². The molecular formula is C13H20FN3O3. The lowest BCUT2D eigenvalue weighted by atomic mass is 10.2. The van der Waals surface area contributed by atoms with Gasteiger partial charge in [0.05, 0.1) is 25.4 Å². The number of aliphatic hydroxyl groups is 1. The van der Waals surface area contributed by atoms with Crippen LogP contribution < -0.4 is 11.1 Å². The van der Waals surface area contributed by atoms with Crippen molar-refractivity contribution in [2.75, 3.05) is 51.0 Å². The summed E-state index contributed by atoms with van der Waals surface area (Å²) in [5.74, 6) is -0.787. The van der Waals surface area contributed by atoms with E-state index in [4.69, 9.17) is 15.6 Å². The van der Waals surface area contributed by atoms with Gasteiger partial charge in [-0.05, 0) is 18.2 Å². The van der Waals surface area contributed by atoms with Gasteiger partial charge in [0.1, 0.15) is 5.82 Å². The Labute approximate surface area is 117 Å². The molecule has 0 fully saturated rings. The van der Waals surface area contributed by atoms with Crippen LogP contribution in [-0.2, 0) is 9.53 Å². The summed E-state index contributed by atoms with van der Waals surface area (Å²) in [6.45, 7) is 1.46. The van der Waals surface area contributed by atoms with Crippen molar-refractivity contribution >= 4 is 17.3 Å². The molecule has 112 valence electrons. The highest BCUT2D eigenvalue weighted by atomic mass is 19.1. The maximum atomic E-state index is 13.0. The molecule has 0 spiro atoms. The number of amides is 1. The Morgan fingerprint density at radius 3 is 2.85 bits per heavy atom. The quantitative estimate of drug-likeness (QED) is 0.597. The third-order valence-electron chi connectivity index (χ3n) is 2.67. The van der Waals surface area contributed by atoms with Crippen molar-refractivity contribution in [3.8, 4) is 0 Å². The monoisotopic (exact) mass is 285 g/mol. The molecule has 0 aliphatic heterocycles. The van der Waals surface area contributed by atoms with E-state index in [0.717, 1.165) is 0 Å². The van der Waals surface area contributed by atoms with Gasteiger partial charge >= 0.3 is 0 Å². The SMILES string of the molecule is COCCN(CCO)CC(=O)Nc1ccc(F)c(N)c1. The minimum absolute atomic E-state index is 0.0191. The molecule has 1 amide bonds. The zero-order valence-electron chi connectivity index (χ0n) is 11.4. The number of methoxy groups -OCH3 is 1. The second kappa shape index (κ2) is 8.47. The zero-order valence-corrected chi connectivity index (χ0v) is 11.4. The van der Waals surface area contributed by atoms with E-state index in [9.17, 15) is 9.18 Å². The molecule has 0 saturated carbocycles. The topological polar surface area (TPSA) is 87.8 Å². The van der Waals surface area contributed by atoms with E-state index < -0.39 is 5.82 Å². The molecule has 0 radical (unpaired) electrons. The molecule has 0 aromatic heterocycles.